The molecule has 106 valence electrons. The van der Waals surface area contributed by atoms with Crippen LogP contribution in [0.25, 0.3) is 0 Å². The van der Waals surface area contributed by atoms with E-state index in [0.717, 1.165) is 18.6 Å². The average molecular weight is 266 g/mol. The van der Waals surface area contributed by atoms with Gasteiger partial charge in [0.05, 0.1) is 7.11 Å². The summed E-state index contributed by atoms with van der Waals surface area (Å²) in [5, 5.41) is 11.7. The van der Waals surface area contributed by atoms with Crippen LogP contribution in [0.4, 0.5) is 0 Å². The van der Waals surface area contributed by atoms with E-state index in [1.54, 1.807) is 7.11 Å². The molecule has 5 nitrogen and oxygen atoms in total. The number of carboxylic acid groups (broad SMARTS) is 1. The van der Waals surface area contributed by atoms with Crippen LogP contribution in [-0.2, 0) is 17.6 Å². The fourth-order valence-electron chi connectivity index (χ4n) is 1.84. The number of hydrogen-bond acceptors (Lipinski definition) is 4. The van der Waals surface area contributed by atoms with Crippen molar-refractivity contribution in [1.82, 2.24) is 5.32 Å². The van der Waals surface area contributed by atoms with Crippen LogP contribution < -0.4 is 15.8 Å². The number of methoxy groups -OCH3 is 1. The number of carboxylic acids is 1. The second kappa shape index (κ2) is 7.76. The van der Waals surface area contributed by atoms with E-state index in [0.29, 0.717) is 6.54 Å². The smallest absolute Gasteiger partial charge is 0.321 e. The number of aryl methyl sites for hydroxylation is 1. The van der Waals surface area contributed by atoms with Crippen molar-refractivity contribution in [3.05, 3.63) is 29.3 Å². The highest BCUT2D eigenvalue weighted by Gasteiger charge is 2.09. The second-order valence-electron chi connectivity index (χ2n) is 4.40. The summed E-state index contributed by atoms with van der Waals surface area (Å²) in [5.74, 6) is -0.0719. The zero-order valence-electron chi connectivity index (χ0n) is 11.5. The minimum absolute atomic E-state index is 0.284. The molecule has 1 unspecified atom stereocenters. The van der Waals surface area contributed by atoms with Crippen molar-refractivity contribution < 1.29 is 14.6 Å². The van der Waals surface area contributed by atoms with Gasteiger partial charge in [0, 0.05) is 6.54 Å². The molecule has 0 aliphatic carbocycles. The van der Waals surface area contributed by atoms with Gasteiger partial charge in [0.15, 0.2) is 0 Å². The summed E-state index contributed by atoms with van der Waals surface area (Å²) in [6.07, 6.45) is 1.76. The lowest BCUT2D eigenvalue weighted by Gasteiger charge is -2.11. The van der Waals surface area contributed by atoms with E-state index >= 15 is 0 Å². The molecule has 0 spiro atoms. The van der Waals surface area contributed by atoms with Crippen molar-refractivity contribution in [1.29, 1.82) is 0 Å². The van der Waals surface area contributed by atoms with Crippen molar-refractivity contribution in [3.63, 3.8) is 0 Å². The van der Waals surface area contributed by atoms with Crippen LogP contribution in [0.5, 0.6) is 5.75 Å². The van der Waals surface area contributed by atoms with Gasteiger partial charge in [0.2, 0.25) is 0 Å². The first-order valence-corrected chi connectivity index (χ1v) is 6.43. The lowest BCUT2D eigenvalue weighted by molar-refractivity contribution is -0.138. The van der Waals surface area contributed by atoms with E-state index in [9.17, 15) is 4.79 Å². The number of nitrogens with two attached hydrogens (primary N) is 1. The molecule has 1 atom stereocenters. The largest absolute Gasteiger partial charge is 0.496 e. The van der Waals surface area contributed by atoms with Crippen molar-refractivity contribution in [2.45, 2.75) is 25.8 Å². The Hall–Kier alpha value is -1.59. The summed E-state index contributed by atoms with van der Waals surface area (Å²) in [4.78, 5) is 10.5. The Morgan fingerprint density at radius 1 is 1.53 bits per heavy atom. The predicted octanol–water partition coefficient (Wildman–Crippen LogP) is 0.802. The summed E-state index contributed by atoms with van der Waals surface area (Å²) in [6, 6.07) is 5.27. The molecule has 1 aromatic rings. The number of ether oxygens (including phenoxy) is 1. The average Bonchev–Trinajstić information content (AvgIpc) is 2.42. The van der Waals surface area contributed by atoms with E-state index in [1.807, 2.05) is 12.1 Å². The van der Waals surface area contributed by atoms with E-state index < -0.39 is 12.0 Å². The van der Waals surface area contributed by atoms with Gasteiger partial charge in [-0.15, -0.1) is 0 Å². The molecular weight excluding hydrogens is 244 g/mol. The molecule has 0 aliphatic rings. The summed E-state index contributed by atoms with van der Waals surface area (Å²) >= 11 is 0. The second-order valence-corrected chi connectivity index (χ2v) is 4.40. The van der Waals surface area contributed by atoms with E-state index in [-0.39, 0.29) is 6.54 Å². The van der Waals surface area contributed by atoms with Crippen LogP contribution in [0.1, 0.15) is 18.1 Å². The Bertz CT molecular complexity index is 421. The number of hydrogen-bond donors (Lipinski definition) is 3. The molecule has 0 heterocycles. The zero-order chi connectivity index (χ0) is 14.3. The van der Waals surface area contributed by atoms with Crippen LogP contribution in [0.2, 0.25) is 0 Å². The molecule has 19 heavy (non-hydrogen) atoms. The van der Waals surface area contributed by atoms with Gasteiger partial charge in [-0.05, 0) is 36.6 Å². The molecule has 0 aromatic heterocycles. The Balaban J connectivity index is 2.43. The quantitative estimate of drug-likeness (QED) is 0.606. The number of benzene rings is 1. The third-order valence-corrected chi connectivity index (χ3v) is 3.00. The SMILES string of the molecule is CCc1cc(CCNCC(N)C(=O)O)ccc1OC. The van der Waals surface area contributed by atoms with Crippen molar-refractivity contribution >= 4 is 5.97 Å². The molecule has 0 radical (unpaired) electrons. The van der Waals surface area contributed by atoms with Gasteiger partial charge in [-0.1, -0.05) is 19.1 Å². The molecule has 0 aliphatic heterocycles. The molecule has 0 amide bonds. The number of carbonyl (C=O) groups is 1. The van der Waals surface area contributed by atoms with Crippen molar-refractivity contribution in [2.75, 3.05) is 20.2 Å². The molecule has 0 saturated heterocycles. The minimum atomic E-state index is -0.981. The first kappa shape index (κ1) is 15.5. The Morgan fingerprint density at radius 2 is 2.26 bits per heavy atom. The lowest BCUT2D eigenvalue weighted by Crippen LogP contribution is -2.40. The summed E-state index contributed by atoms with van der Waals surface area (Å²) < 4.78 is 5.28. The van der Waals surface area contributed by atoms with Gasteiger partial charge in [-0.2, -0.15) is 0 Å². The first-order valence-electron chi connectivity index (χ1n) is 6.43. The van der Waals surface area contributed by atoms with E-state index in [1.165, 1.54) is 11.1 Å². The molecule has 1 rings (SSSR count). The highest BCUT2D eigenvalue weighted by molar-refractivity contribution is 5.73. The topological polar surface area (TPSA) is 84.6 Å². The van der Waals surface area contributed by atoms with Crippen LogP contribution in [-0.4, -0.2) is 37.3 Å². The molecule has 0 saturated carbocycles. The van der Waals surface area contributed by atoms with Crippen LogP contribution in [0.3, 0.4) is 0 Å². The Kier molecular flexibility index (Phi) is 6.32. The lowest BCUT2D eigenvalue weighted by atomic mass is 10.1. The standard InChI is InChI=1S/C14H22N2O3/c1-3-11-8-10(4-5-13(11)19-2)6-7-16-9-12(15)14(17)18/h4-5,8,12,16H,3,6-7,9,15H2,1-2H3,(H,17,18). The molecule has 5 heteroatoms. The third kappa shape index (κ3) is 4.89. The highest BCUT2D eigenvalue weighted by atomic mass is 16.5. The van der Waals surface area contributed by atoms with Gasteiger partial charge >= 0.3 is 5.97 Å². The molecule has 1 aromatic carbocycles. The van der Waals surface area contributed by atoms with E-state index in [2.05, 4.69) is 18.3 Å². The molecule has 4 N–H and O–H groups in total. The number of rotatable bonds is 8. The maximum absolute atomic E-state index is 10.5. The van der Waals surface area contributed by atoms with Crippen LogP contribution >= 0.6 is 0 Å². The maximum atomic E-state index is 10.5. The minimum Gasteiger partial charge on any atom is -0.496 e. The van der Waals surface area contributed by atoms with Crippen molar-refractivity contribution in [3.8, 4) is 5.75 Å². The fraction of sp³-hybridized carbons (Fsp3) is 0.500. The van der Waals surface area contributed by atoms with Gasteiger partial charge in [-0.25, -0.2) is 0 Å². The third-order valence-electron chi connectivity index (χ3n) is 3.00. The van der Waals surface area contributed by atoms with E-state index in [4.69, 9.17) is 15.6 Å². The fourth-order valence-corrected chi connectivity index (χ4v) is 1.84. The highest BCUT2D eigenvalue weighted by Crippen LogP contribution is 2.20. The molecule has 0 bridgehead atoms. The van der Waals surface area contributed by atoms with Gasteiger partial charge in [0.1, 0.15) is 11.8 Å². The number of nitrogens with one attached hydrogen (secondary N) is 1. The summed E-state index contributed by atoms with van der Waals surface area (Å²) in [6.45, 7) is 3.08. The van der Waals surface area contributed by atoms with Crippen LogP contribution in [0, 0.1) is 0 Å². The van der Waals surface area contributed by atoms with Crippen molar-refractivity contribution in [2.24, 2.45) is 5.73 Å². The summed E-state index contributed by atoms with van der Waals surface area (Å²) in [7, 11) is 1.67. The van der Waals surface area contributed by atoms with Gasteiger partial charge in [-0.3, -0.25) is 4.79 Å². The van der Waals surface area contributed by atoms with Crippen LogP contribution in [0.15, 0.2) is 18.2 Å². The molecular formula is C14H22N2O3. The first-order chi connectivity index (χ1) is 9.08. The van der Waals surface area contributed by atoms with Gasteiger partial charge in [0.25, 0.3) is 0 Å². The summed E-state index contributed by atoms with van der Waals surface area (Å²) in [5.41, 5.74) is 7.79. The maximum Gasteiger partial charge on any atom is 0.321 e. The Morgan fingerprint density at radius 3 is 2.84 bits per heavy atom. The number of aliphatic carboxylic acids is 1. The predicted molar refractivity (Wildman–Crippen MR) is 74.6 cm³/mol. The van der Waals surface area contributed by atoms with Gasteiger partial charge < -0.3 is 20.9 Å². The zero-order valence-corrected chi connectivity index (χ0v) is 11.5. The molecule has 0 fully saturated rings. The Labute approximate surface area is 113 Å². The normalized spacial score (nSPS) is 12.2. The monoisotopic (exact) mass is 266 g/mol.